The first-order valence-corrected chi connectivity index (χ1v) is 10.5. The van der Waals surface area contributed by atoms with Crippen LogP contribution in [0.15, 0.2) is 64.6 Å². The third-order valence-electron chi connectivity index (χ3n) is 5.14. The summed E-state index contributed by atoms with van der Waals surface area (Å²) in [6.07, 6.45) is 2.51. The van der Waals surface area contributed by atoms with E-state index in [2.05, 4.69) is 45.9 Å². The second-order valence-corrected chi connectivity index (χ2v) is 7.97. The highest BCUT2D eigenvalue weighted by atomic mass is 32.1. The van der Waals surface area contributed by atoms with Crippen LogP contribution in [0.4, 0.5) is 0 Å². The van der Waals surface area contributed by atoms with Gasteiger partial charge in [-0.15, -0.1) is 11.3 Å². The third-order valence-corrected chi connectivity index (χ3v) is 6.11. The van der Waals surface area contributed by atoms with Crippen molar-refractivity contribution in [1.82, 2.24) is 15.5 Å². The maximum absolute atomic E-state index is 12.3. The molecule has 0 saturated heterocycles. The molecule has 6 nitrogen and oxygen atoms in total. The van der Waals surface area contributed by atoms with E-state index in [1.165, 1.54) is 22.3 Å². The van der Waals surface area contributed by atoms with Gasteiger partial charge in [0.25, 0.3) is 0 Å². The second kappa shape index (κ2) is 9.07. The number of carbonyl (C=O) groups excluding carboxylic acids is 2. The first-order valence-electron chi connectivity index (χ1n) is 9.63. The molecule has 2 amide bonds. The van der Waals surface area contributed by atoms with Gasteiger partial charge in [-0.25, -0.2) is 0 Å². The summed E-state index contributed by atoms with van der Waals surface area (Å²) >= 11 is 1.67. The lowest BCUT2D eigenvalue weighted by atomic mass is 9.98. The van der Waals surface area contributed by atoms with Crippen LogP contribution >= 0.6 is 11.3 Å². The standard InChI is InChI=1S/C22H23N3O3S/c26-21(23-13-18-7-3-11-28-18)22(27)24-14-19(20-8-4-12-29-20)25-10-9-16-5-1-2-6-17(16)15-25/h1-8,11-12,19H,9-10,13-15H2,(H,23,26)(H,24,27)/t19-/m1/s1. The largest absolute Gasteiger partial charge is 0.467 e. The number of furan rings is 1. The van der Waals surface area contributed by atoms with Gasteiger partial charge in [0.2, 0.25) is 0 Å². The molecule has 0 fully saturated rings. The lowest BCUT2D eigenvalue weighted by Crippen LogP contribution is -2.44. The second-order valence-electron chi connectivity index (χ2n) is 6.99. The summed E-state index contributed by atoms with van der Waals surface area (Å²) in [4.78, 5) is 27.9. The monoisotopic (exact) mass is 409 g/mol. The Morgan fingerprint density at radius 3 is 2.62 bits per heavy atom. The molecule has 29 heavy (non-hydrogen) atoms. The van der Waals surface area contributed by atoms with Crippen molar-refractivity contribution in [1.29, 1.82) is 0 Å². The Labute approximate surface area is 173 Å². The van der Waals surface area contributed by atoms with Crippen molar-refractivity contribution < 1.29 is 14.0 Å². The number of nitrogens with zero attached hydrogens (tertiary/aromatic N) is 1. The normalized spacial score (nSPS) is 14.8. The van der Waals surface area contributed by atoms with Crippen LogP contribution in [0.3, 0.4) is 0 Å². The zero-order chi connectivity index (χ0) is 20.1. The Bertz CT molecular complexity index is 954. The van der Waals surface area contributed by atoms with Gasteiger partial charge in [0.15, 0.2) is 0 Å². The van der Waals surface area contributed by atoms with Crippen molar-refractivity contribution in [3.05, 3.63) is 81.9 Å². The number of thiophene rings is 1. The summed E-state index contributed by atoms with van der Waals surface area (Å²) < 4.78 is 5.17. The van der Waals surface area contributed by atoms with E-state index in [0.717, 1.165) is 19.5 Å². The van der Waals surface area contributed by atoms with Gasteiger partial charge >= 0.3 is 11.8 Å². The van der Waals surface area contributed by atoms with Crippen LogP contribution in [0.2, 0.25) is 0 Å². The molecule has 1 aliphatic rings. The number of hydrogen-bond acceptors (Lipinski definition) is 5. The van der Waals surface area contributed by atoms with Crippen LogP contribution in [0.1, 0.15) is 27.8 Å². The summed E-state index contributed by atoms with van der Waals surface area (Å²) in [6, 6.07) is 16.1. The molecular weight excluding hydrogens is 386 g/mol. The number of fused-ring (bicyclic) bond motifs is 1. The van der Waals surface area contributed by atoms with Gasteiger partial charge in [-0.2, -0.15) is 0 Å². The van der Waals surface area contributed by atoms with E-state index in [1.54, 1.807) is 23.5 Å². The molecule has 3 aromatic rings. The van der Waals surface area contributed by atoms with Crippen LogP contribution in [-0.4, -0.2) is 29.8 Å². The van der Waals surface area contributed by atoms with Gasteiger partial charge in [-0.1, -0.05) is 30.3 Å². The fraction of sp³-hybridized carbons (Fsp3) is 0.273. The summed E-state index contributed by atoms with van der Waals surface area (Å²) in [6.45, 7) is 2.33. The Balaban J connectivity index is 1.38. The number of carbonyl (C=O) groups is 2. The van der Waals surface area contributed by atoms with Crippen molar-refractivity contribution in [3.63, 3.8) is 0 Å². The first kappa shape index (κ1) is 19.4. The number of amides is 2. The van der Waals surface area contributed by atoms with Gasteiger partial charge in [0, 0.05) is 24.5 Å². The van der Waals surface area contributed by atoms with E-state index in [4.69, 9.17) is 4.42 Å². The average Bonchev–Trinajstić information content (AvgIpc) is 3.46. The van der Waals surface area contributed by atoms with E-state index in [1.807, 2.05) is 11.4 Å². The minimum atomic E-state index is -0.657. The van der Waals surface area contributed by atoms with Crippen LogP contribution in [-0.2, 0) is 29.1 Å². The van der Waals surface area contributed by atoms with Gasteiger partial charge < -0.3 is 15.1 Å². The maximum atomic E-state index is 12.3. The van der Waals surface area contributed by atoms with Crippen molar-refractivity contribution >= 4 is 23.2 Å². The number of hydrogen-bond donors (Lipinski definition) is 2. The molecule has 2 N–H and O–H groups in total. The Morgan fingerprint density at radius 1 is 1.03 bits per heavy atom. The Kier molecular flexibility index (Phi) is 6.07. The fourth-order valence-corrected chi connectivity index (χ4v) is 4.47. The van der Waals surface area contributed by atoms with E-state index in [0.29, 0.717) is 12.3 Å². The molecule has 4 rings (SSSR count). The van der Waals surface area contributed by atoms with Crippen LogP contribution < -0.4 is 10.6 Å². The number of benzene rings is 1. The minimum Gasteiger partial charge on any atom is -0.467 e. The predicted molar refractivity (Wildman–Crippen MR) is 111 cm³/mol. The quantitative estimate of drug-likeness (QED) is 0.614. The van der Waals surface area contributed by atoms with Gasteiger partial charge in [0.05, 0.1) is 18.8 Å². The molecule has 0 bridgehead atoms. The zero-order valence-corrected chi connectivity index (χ0v) is 16.8. The summed E-state index contributed by atoms with van der Waals surface area (Å²) in [5.41, 5.74) is 2.71. The Hall–Kier alpha value is -2.90. The molecule has 1 aromatic carbocycles. The topological polar surface area (TPSA) is 74.6 Å². The highest BCUT2D eigenvalue weighted by molar-refractivity contribution is 7.10. The molecule has 7 heteroatoms. The maximum Gasteiger partial charge on any atom is 0.309 e. The average molecular weight is 410 g/mol. The predicted octanol–water partition coefficient (Wildman–Crippen LogP) is 2.87. The van der Waals surface area contributed by atoms with E-state index in [-0.39, 0.29) is 12.6 Å². The summed E-state index contributed by atoms with van der Waals surface area (Å²) in [5, 5.41) is 7.43. The molecule has 0 radical (unpaired) electrons. The van der Waals surface area contributed by atoms with Crippen molar-refractivity contribution in [2.45, 2.75) is 25.6 Å². The van der Waals surface area contributed by atoms with Crippen LogP contribution in [0.25, 0.3) is 0 Å². The molecule has 0 saturated carbocycles. The lowest BCUT2D eigenvalue weighted by Gasteiger charge is -2.35. The highest BCUT2D eigenvalue weighted by Crippen LogP contribution is 2.29. The van der Waals surface area contributed by atoms with Crippen molar-refractivity contribution in [2.75, 3.05) is 13.1 Å². The fourth-order valence-electron chi connectivity index (χ4n) is 3.60. The van der Waals surface area contributed by atoms with E-state index >= 15 is 0 Å². The molecule has 150 valence electrons. The molecule has 0 unspecified atom stereocenters. The number of nitrogens with one attached hydrogen (secondary N) is 2. The molecule has 1 aliphatic heterocycles. The molecule has 0 spiro atoms. The SMILES string of the molecule is O=C(NCc1ccco1)C(=O)NC[C@H](c1cccs1)N1CCc2ccccc2C1. The highest BCUT2D eigenvalue weighted by Gasteiger charge is 2.26. The number of rotatable bonds is 6. The minimum absolute atomic E-state index is 0.0326. The summed E-state index contributed by atoms with van der Waals surface area (Å²) in [7, 11) is 0. The lowest BCUT2D eigenvalue weighted by molar-refractivity contribution is -0.139. The van der Waals surface area contributed by atoms with Crippen molar-refractivity contribution in [2.24, 2.45) is 0 Å². The molecular formula is C22H23N3O3S. The third kappa shape index (κ3) is 4.75. The van der Waals surface area contributed by atoms with Gasteiger partial charge in [-0.05, 0) is 41.1 Å². The smallest absolute Gasteiger partial charge is 0.309 e. The van der Waals surface area contributed by atoms with Gasteiger partial charge in [0.1, 0.15) is 5.76 Å². The Morgan fingerprint density at radius 2 is 1.86 bits per heavy atom. The van der Waals surface area contributed by atoms with Crippen LogP contribution in [0, 0.1) is 0 Å². The van der Waals surface area contributed by atoms with E-state index < -0.39 is 11.8 Å². The van der Waals surface area contributed by atoms with Gasteiger partial charge in [-0.3, -0.25) is 14.5 Å². The van der Waals surface area contributed by atoms with E-state index in [9.17, 15) is 9.59 Å². The first-order chi connectivity index (χ1) is 14.2. The van der Waals surface area contributed by atoms with Crippen molar-refractivity contribution in [3.8, 4) is 0 Å². The molecule has 2 aromatic heterocycles. The van der Waals surface area contributed by atoms with Crippen LogP contribution in [0.5, 0.6) is 0 Å². The zero-order valence-electron chi connectivity index (χ0n) is 16.0. The molecule has 1 atom stereocenters. The summed E-state index contributed by atoms with van der Waals surface area (Å²) in [5.74, 6) is -0.680. The molecule has 3 heterocycles. The molecule has 0 aliphatic carbocycles.